The summed E-state index contributed by atoms with van der Waals surface area (Å²) in [6, 6.07) is 8.85. The Bertz CT molecular complexity index is 975. The van der Waals surface area contributed by atoms with Crippen LogP contribution in [0.4, 0.5) is 42.5 Å². The maximum atomic E-state index is 13.1. The summed E-state index contributed by atoms with van der Waals surface area (Å²) >= 11 is 0. The van der Waals surface area contributed by atoms with Gasteiger partial charge >= 0.3 is 18.4 Å². The first kappa shape index (κ1) is 24.7. The standard InChI is InChI=1S/C22H22F6N2O3/c1-2-33-19(31)29-17-9-10-18-15(12-17)4-3-11-30(18)13-14-5-7-16(8-6-14)20(32,21(23,24)25)22(26,27)28/h5-10,12,32H,2-4,11,13H2,1H3,(H,29,31). The Morgan fingerprint density at radius 1 is 1.06 bits per heavy atom. The first-order valence-corrected chi connectivity index (χ1v) is 10.1. The number of carbonyl (C=O) groups is 1. The Kier molecular flexibility index (Phi) is 6.83. The van der Waals surface area contributed by atoms with Gasteiger partial charge < -0.3 is 14.7 Å². The maximum absolute atomic E-state index is 13.1. The Morgan fingerprint density at radius 3 is 2.27 bits per heavy atom. The van der Waals surface area contributed by atoms with Gasteiger partial charge in [0.1, 0.15) is 0 Å². The van der Waals surface area contributed by atoms with Gasteiger partial charge in [-0.25, -0.2) is 4.79 Å². The van der Waals surface area contributed by atoms with Gasteiger partial charge in [0.25, 0.3) is 5.60 Å². The fraction of sp³-hybridized carbons (Fsp3) is 0.409. The van der Waals surface area contributed by atoms with Crippen LogP contribution in [0.1, 0.15) is 30.0 Å². The zero-order valence-electron chi connectivity index (χ0n) is 17.6. The van der Waals surface area contributed by atoms with Gasteiger partial charge in [-0.1, -0.05) is 24.3 Å². The van der Waals surface area contributed by atoms with Crippen molar-refractivity contribution in [2.45, 2.75) is 44.3 Å². The molecule has 2 aromatic rings. The molecule has 2 N–H and O–H groups in total. The van der Waals surface area contributed by atoms with Crippen LogP contribution in [0, 0.1) is 0 Å². The minimum absolute atomic E-state index is 0.229. The quantitative estimate of drug-likeness (QED) is 0.558. The molecule has 0 bridgehead atoms. The van der Waals surface area contributed by atoms with Gasteiger partial charge in [0.15, 0.2) is 0 Å². The van der Waals surface area contributed by atoms with Crippen LogP contribution in [-0.4, -0.2) is 36.7 Å². The molecule has 0 unspecified atom stereocenters. The molecular formula is C22H22F6N2O3. The highest BCUT2D eigenvalue weighted by Crippen LogP contribution is 2.50. The zero-order chi connectivity index (χ0) is 24.4. The molecule has 0 aromatic heterocycles. The van der Waals surface area contributed by atoms with Gasteiger partial charge in [-0.3, -0.25) is 5.32 Å². The van der Waals surface area contributed by atoms with E-state index in [1.54, 1.807) is 25.1 Å². The number of hydrogen-bond donors (Lipinski definition) is 2. The van der Waals surface area contributed by atoms with Crippen LogP contribution in [0.15, 0.2) is 42.5 Å². The highest BCUT2D eigenvalue weighted by atomic mass is 19.4. The number of rotatable bonds is 5. The van der Waals surface area contributed by atoms with Crippen molar-refractivity contribution in [2.24, 2.45) is 0 Å². The number of hydrogen-bond acceptors (Lipinski definition) is 4. The van der Waals surface area contributed by atoms with E-state index in [9.17, 15) is 36.2 Å². The molecule has 0 atom stereocenters. The summed E-state index contributed by atoms with van der Waals surface area (Å²) < 4.78 is 83.2. The van der Waals surface area contributed by atoms with Crippen LogP contribution in [0.2, 0.25) is 0 Å². The maximum Gasteiger partial charge on any atom is 0.430 e. The Hall–Kier alpha value is -2.95. The van der Waals surface area contributed by atoms with E-state index in [4.69, 9.17) is 4.74 Å². The molecule has 11 heteroatoms. The van der Waals surface area contributed by atoms with Crippen molar-refractivity contribution in [1.82, 2.24) is 0 Å². The Morgan fingerprint density at radius 2 is 1.70 bits per heavy atom. The molecule has 0 radical (unpaired) electrons. The molecular weight excluding hydrogens is 454 g/mol. The van der Waals surface area contributed by atoms with E-state index in [2.05, 4.69) is 5.32 Å². The zero-order valence-corrected chi connectivity index (χ0v) is 17.6. The average molecular weight is 476 g/mol. The number of aliphatic hydroxyl groups is 1. The predicted octanol–water partition coefficient (Wildman–Crippen LogP) is 5.52. The van der Waals surface area contributed by atoms with E-state index >= 15 is 0 Å². The van der Waals surface area contributed by atoms with E-state index in [-0.39, 0.29) is 13.2 Å². The largest absolute Gasteiger partial charge is 0.450 e. The Balaban J connectivity index is 1.80. The van der Waals surface area contributed by atoms with Crippen LogP contribution in [0.3, 0.4) is 0 Å². The molecule has 180 valence electrons. The summed E-state index contributed by atoms with van der Waals surface area (Å²) in [5, 5.41) is 12.1. The van der Waals surface area contributed by atoms with E-state index in [1.807, 2.05) is 4.90 Å². The molecule has 1 aliphatic heterocycles. The number of nitrogens with zero attached hydrogens (tertiary/aromatic N) is 1. The van der Waals surface area contributed by atoms with E-state index in [1.165, 1.54) is 0 Å². The second-order valence-corrected chi connectivity index (χ2v) is 7.62. The molecule has 1 aliphatic rings. The van der Waals surface area contributed by atoms with Crippen molar-refractivity contribution in [1.29, 1.82) is 0 Å². The number of benzene rings is 2. The summed E-state index contributed by atoms with van der Waals surface area (Å²) in [6.45, 7) is 2.79. The minimum atomic E-state index is -5.92. The van der Waals surface area contributed by atoms with Gasteiger partial charge in [0.05, 0.1) is 6.61 Å². The van der Waals surface area contributed by atoms with Crippen molar-refractivity contribution in [3.8, 4) is 0 Å². The van der Waals surface area contributed by atoms with Crippen LogP contribution in [0.5, 0.6) is 0 Å². The highest BCUT2D eigenvalue weighted by molar-refractivity contribution is 5.85. The van der Waals surface area contributed by atoms with Crippen LogP contribution in [-0.2, 0) is 23.3 Å². The molecule has 0 fully saturated rings. The third-order valence-corrected chi connectivity index (χ3v) is 5.38. The van der Waals surface area contributed by atoms with E-state index in [0.717, 1.165) is 36.2 Å². The molecule has 0 aliphatic carbocycles. The van der Waals surface area contributed by atoms with Crippen molar-refractivity contribution in [2.75, 3.05) is 23.4 Å². The molecule has 0 saturated heterocycles. The number of anilines is 2. The predicted molar refractivity (Wildman–Crippen MR) is 109 cm³/mol. The summed E-state index contributed by atoms with van der Waals surface area (Å²) in [5.74, 6) is 0. The number of aryl methyl sites for hydroxylation is 1. The van der Waals surface area contributed by atoms with Crippen LogP contribution >= 0.6 is 0 Å². The fourth-order valence-electron chi connectivity index (χ4n) is 3.76. The van der Waals surface area contributed by atoms with Gasteiger partial charge in [-0.2, -0.15) is 26.3 Å². The lowest BCUT2D eigenvalue weighted by atomic mass is 9.91. The number of nitrogens with one attached hydrogen (secondary N) is 1. The second kappa shape index (κ2) is 9.12. The first-order valence-electron chi connectivity index (χ1n) is 10.1. The molecule has 1 amide bonds. The SMILES string of the molecule is CCOC(=O)Nc1ccc2c(c1)CCCN2Cc1ccc(C(O)(C(F)(F)F)C(F)(F)F)cc1. The number of halogens is 6. The summed E-state index contributed by atoms with van der Waals surface area (Å²) in [4.78, 5) is 13.6. The van der Waals surface area contributed by atoms with Crippen molar-refractivity contribution >= 4 is 17.5 Å². The van der Waals surface area contributed by atoms with E-state index < -0.39 is 29.6 Å². The molecule has 0 saturated carbocycles. The average Bonchev–Trinajstić information content (AvgIpc) is 2.72. The highest BCUT2D eigenvalue weighted by Gasteiger charge is 2.71. The van der Waals surface area contributed by atoms with Crippen LogP contribution < -0.4 is 10.2 Å². The van der Waals surface area contributed by atoms with Crippen molar-refractivity contribution in [3.05, 3.63) is 59.2 Å². The molecule has 33 heavy (non-hydrogen) atoms. The lowest BCUT2D eigenvalue weighted by Crippen LogP contribution is -2.53. The van der Waals surface area contributed by atoms with Gasteiger partial charge in [0.2, 0.25) is 0 Å². The Labute approximate surface area is 186 Å². The summed E-state index contributed by atoms with van der Waals surface area (Å²) in [5.41, 5.74) is -3.42. The molecule has 5 nitrogen and oxygen atoms in total. The third-order valence-electron chi connectivity index (χ3n) is 5.38. The minimum Gasteiger partial charge on any atom is -0.450 e. The molecule has 1 heterocycles. The molecule has 3 rings (SSSR count). The summed E-state index contributed by atoms with van der Waals surface area (Å²) in [7, 11) is 0. The van der Waals surface area contributed by atoms with Crippen molar-refractivity contribution < 1.29 is 41.0 Å². The lowest BCUT2D eigenvalue weighted by molar-refractivity contribution is -0.376. The summed E-state index contributed by atoms with van der Waals surface area (Å²) in [6.07, 6.45) is -10.9. The molecule has 2 aromatic carbocycles. The number of carbonyl (C=O) groups excluding carboxylic acids is 1. The number of fused-ring (bicyclic) bond motifs is 1. The normalized spacial score (nSPS) is 14.6. The number of alkyl halides is 6. The van der Waals surface area contributed by atoms with E-state index in [0.29, 0.717) is 29.9 Å². The smallest absolute Gasteiger partial charge is 0.430 e. The second-order valence-electron chi connectivity index (χ2n) is 7.62. The fourth-order valence-corrected chi connectivity index (χ4v) is 3.76. The number of ether oxygens (including phenoxy) is 1. The van der Waals surface area contributed by atoms with Gasteiger partial charge in [0, 0.05) is 30.0 Å². The van der Waals surface area contributed by atoms with Crippen LogP contribution in [0.25, 0.3) is 0 Å². The molecule has 0 spiro atoms. The van der Waals surface area contributed by atoms with Crippen molar-refractivity contribution in [3.63, 3.8) is 0 Å². The lowest BCUT2D eigenvalue weighted by Gasteiger charge is -2.33. The first-order chi connectivity index (χ1) is 15.4. The third kappa shape index (κ3) is 5.02. The van der Waals surface area contributed by atoms with Gasteiger partial charge in [-0.05, 0) is 49.1 Å². The monoisotopic (exact) mass is 476 g/mol. The number of amides is 1. The van der Waals surface area contributed by atoms with Gasteiger partial charge in [-0.15, -0.1) is 0 Å². The topological polar surface area (TPSA) is 61.8 Å².